The Morgan fingerprint density at radius 2 is 1.62 bits per heavy atom. The second-order valence-electron chi connectivity index (χ2n) is 5.95. The van der Waals surface area contributed by atoms with Gasteiger partial charge >= 0.3 is 0 Å². The molecule has 5 nitrogen and oxygen atoms in total. The second kappa shape index (κ2) is 10.1. The Morgan fingerprint density at radius 3 is 2.23 bits per heavy atom. The van der Waals surface area contributed by atoms with Gasteiger partial charge in [-0.2, -0.15) is 5.10 Å². The molecule has 0 aromatic heterocycles. The third-order valence-electron chi connectivity index (χ3n) is 3.92. The zero-order valence-corrected chi connectivity index (χ0v) is 15.3. The van der Waals surface area contributed by atoms with E-state index >= 15 is 0 Å². The zero-order chi connectivity index (χ0) is 18.8. The van der Waals surface area contributed by atoms with Crippen molar-refractivity contribution in [2.75, 3.05) is 5.32 Å². The molecule has 0 saturated heterocycles. The lowest BCUT2D eigenvalue weighted by Crippen LogP contribution is -2.20. The molecule has 136 valence electrons. The van der Waals surface area contributed by atoms with Crippen LogP contribution in [0.4, 0.5) is 5.69 Å². The van der Waals surface area contributed by atoms with Crippen LogP contribution in [0, 0.1) is 0 Å². The van der Waals surface area contributed by atoms with E-state index < -0.39 is 0 Å². The summed E-state index contributed by atoms with van der Waals surface area (Å²) in [6, 6.07) is 16.6. The normalized spacial score (nSPS) is 11.1. The summed E-state index contributed by atoms with van der Waals surface area (Å²) in [7, 11) is 0. The maximum atomic E-state index is 12.3. The van der Waals surface area contributed by atoms with Crippen LogP contribution in [0.5, 0.6) is 0 Å². The molecule has 2 N–H and O–H groups in total. The number of anilines is 1. The van der Waals surface area contributed by atoms with E-state index in [-0.39, 0.29) is 11.8 Å². The Bertz CT molecular complexity index is 753. The number of rotatable bonds is 8. The highest BCUT2D eigenvalue weighted by atomic mass is 16.2. The van der Waals surface area contributed by atoms with Gasteiger partial charge < -0.3 is 5.32 Å². The number of carbonyl (C=O) groups excluding carboxylic acids is 2. The van der Waals surface area contributed by atoms with E-state index in [0.29, 0.717) is 17.7 Å². The smallest absolute Gasteiger partial charge is 0.271 e. The molecule has 0 fully saturated rings. The molecule has 0 unspecified atom stereocenters. The van der Waals surface area contributed by atoms with Crippen molar-refractivity contribution in [3.05, 3.63) is 65.7 Å². The van der Waals surface area contributed by atoms with E-state index in [4.69, 9.17) is 0 Å². The first-order chi connectivity index (χ1) is 12.6. The first-order valence-electron chi connectivity index (χ1n) is 8.96. The lowest BCUT2D eigenvalue weighted by molar-refractivity contribution is -0.115. The molecule has 0 heterocycles. The monoisotopic (exact) mass is 351 g/mol. The van der Waals surface area contributed by atoms with Crippen LogP contribution in [0.1, 0.15) is 55.5 Å². The standard InChI is InChI=1S/C21H25N3O2/c1-3-5-11-19(16-9-7-6-8-10-16)23-24-21(26)17-12-14-18(15-13-17)22-20(25)4-2/h6-10,12-15H,3-5,11H2,1-2H3,(H,22,25)(H,24,26). The Hall–Kier alpha value is -2.95. The van der Waals surface area contributed by atoms with E-state index in [2.05, 4.69) is 22.8 Å². The lowest BCUT2D eigenvalue weighted by Gasteiger charge is -2.08. The maximum absolute atomic E-state index is 12.3. The van der Waals surface area contributed by atoms with Crippen molar-refractivity contribution in [3.8, 4) is 0 Å². The maximum Gasteiger partial charge on any atom is 0.271 e. The second-order valence-corrected chi connectivity index (χ2v) is 5.95. The molecule has 0 spiro atoms. The fourth-order valence-corrected chi connectivity index (χ4v) is 2.38. The summed E-state index contributed by atoms with van der Waals surface area (Å²) in [6.45, 7) is 3.91. The van der Waals surface area contributed by atoms with Crippen LogP contribution in [0.3, 0.4) is 0 Å². The predicted octanol–water partition coefficient (Wildman–Crippen LogP) is 4.36. The van der Waals surface area contributed by atoms with Crippen molar-refractivity contribution in [2.45, 2.75) is 39.5 Å². The van der Waals surface area contributed by atoms with Crippen molar-refractivity contribution in [3.63, 3.8) is 0 Å². The third kappa shape index (κ3) is 5.84. The molecular weight excluding hydrogens is 326 g/mol. The van der Waals surface area contributed by atoms with Crippen LogP contribution < -0.4 is 10.7 Å². The average molecular weight is 351 g/mol. The van der Waals surface area contributed by atoms with Crippen LogP contribution in [-0.4, -0.2) is 17.5 Å². The zero-order valence-electron chi connectivity index (χ0n) is 15.3. The summed E-state index contributed by atoms with van der Waals surface area (Å²) in [5.41, 5.74) is 5.68. The largest absolute Gasteiger partial charge is 0.326 e. The van der Waals surface area contributed by atoms with E-state index in [9.17, 15) is 9.59 Å². The molecular formula is C21H25N3O2. The Kier molecular flexibility index (Phi) is 7.55. The first-order valence-corrected chi connectivity index (χ1v) is 8.96. The van der Waals surface area contributed by atoms with Gasteiger partial charge in [0.15, 0.2) is 0 Å². The fourth-order valence-electron chi connectivity index (χ4n) is 2.38. The van der Waals surface area contributed by atoms with Gasteiger partial charge in [0.2, 0.25) is 5.91 Å². The van der Waals surface area contributed by atoms with Gasteiger partial charge in [-0.05, 0) is 42.7 Å². The van der Waals surface area contributed by atoms with E-state index in [0.717, 1.165) is 30.5 Å². The lowest BCUT2D eigenvalue weighted by atomic mass is 10.1. The third-order valence-corrected chi connectivity index (χ3v) is 3.92. The van der Waals surface area contributed by atoms with Gasteiger partial charge in [-0.1, -0.05) is 50.6 Å². The Balaban J connectivity index is 2.06. The summed E-state index contributed by atoms with van der Waals surface area (Å²) in [5, 5.41) is 7.09. The molecule has 0 aliphatic carbocycles. The van der Waals surface area contributed by atoms with Crippen LogP contribution in [0.25, 0.3) is 0 Å². The fraction of sp³-hybridized carbons (Fsp3) is 0.286. The van der Waals surface area contributed by atoms with Gasteiger partial charge in [0.05, 0.1) is 5.71 Å². The summed E-state index contributed by atoms with van der Waals surface area (Å²) >= 11 is 0. The molecule has 0 saturated carbocycles. The molecule has 0 bridgehead atoms. The number of amides is 2. The molecule has 2 aromatic rings. The number of unbranched alkanes of at least 4 members (excludes halogenated alkanes) is 1. The highest BCUT2D eigenvalue weighted by Crippen LogP contribution is 2.11. The molecule has 5 heteroatoms. The summed E-state index contributed by atoms with van der Waals surface area (Å²) in [4.78, 5) is 23.7. The summed E-state index contributed by atoms with van der Waals surface area (Å²) in [6.07, 6.45) is 3.29. The quantitative estimate of drug-likeness (QED) is 0.548. The topological polar surface area (TPSA) is 70.6 Å². The molecule has 0 atom stereocenters. The number of hydrazone groups is 1. The molecule has 0 aliphatic heterocycles. The highest BCUT2D eigenvalue weighted by Gasteiger charge is 2.08. The molecule has 0 radical (unpaired) electrons. The number of nitrogens with one attached hydrogen (secondary N) is 2. The van der Waals surface area contributed by atoms with Crippen LogP contribution in [-0.2, 0) is 4.79 Å². The highest BCUT2D eigenvalue weighted by molar-refractivity contribution is 6.02. The molecule has 2 aromatic carbocycles. The number of nitrogens with zero attached hydrogens (tertiary/aromatic N) is 1. The number of carbonyl (C=O) groups is 2. The summed E-state index contributed by atoms with van der Waals surface area (Å²) < 4.78 is 0. The van der Waals surface area contributed by atoms with Crippen LogP contribution in [0.15, 0.2) is 59.7 Å². The van der Waals surface area contributed by atoms with E-state index in [1.807, 2.05) is 30.3 Å². The predicted molar refractivity (Wildman–Crippen MR) is 105 cm³/mol. The molecule has 2 rings (SSSR count). The number of benzene rings is 2. The Labute approximate surface area is 154 Å². The molecule has 2 amide bonds. The minimum atomic E-state index is -0.275. The van der Waals surface area contributed by atoms with Crippen molar-refractivity contribution in [1.82, 2.24) is 5.43 Å². The first kappa shape index (κ1) is 19.4. The van der Waals surface area contributed by atoms with Crippen molar-refractivity contribution < 1.29 is 9.59 Å². The number of hydrogen-bond donors (Lipinski definition) is 2. The molecule has 26 heavy (non-hydrogen) atoms. The van der Waals surface area contributed by atoms with Gasteiger partial charge in [0.1, 0.15) is 0 Å². The molecule has 0 aliphatic rings. The number of hydrogen-bond acceptors (Lipinski definition) is 3. The van der Waals surface area contributed by atoms with Crippen LogP contribution in [0.2, 0.25) is 0 Å². The van der Waals surface area contributed by atoms with E-state index in [1.165, 1.54) is 0 Å². The average Bonchev–Trinajstić information content (AvgIpc) is 2.69. The van der Waals surface area contributed by atoms with Gasteiger partial charge in [-0.15, -0.1) is 0 Å². The van der Waals surface area contributed by atoms with Crippen molar-refractivity contribution >= 4 is 23.2 Å². The minimum absolute atomic E-state index is 0.0600. The Morgan fingerprint density at radius 1 is 0.923 bits per heavy atom. The summed E-state index contributed by atoms with van der Waals surface area (Å²) in [5.74, 6) is -0.335. The van der Waals surface area contributed by atoms with Gasteiger partial charge in [0.25, 0.3) is 5.91 Å². The van der Waals surface area contributed by atoms with E-state index in [1.54, 1.807) is 31.2 Å². The minimum Gasteiger partial charge on any atom is -0.326 e. The van der Waals surface area contributed by atoms with Crippen molar-refractivity contribution in [1.29, 1.82) is 0 Å². The van der Waals surface area contributed by atoms with Gasteiger partial charge in [-0.25, -0.2) is 5.43 Å². The van der Waals surface area contributed by atoms with Crippen LogP contribution >= 0.6 is 0 Å². The SMILES string of the molecule is CCCCC(=NNC(=O)c1ccc(NC(=O)CC)cc1)c1ccccc1. The van der Waals surface area contributed by atoms with Gasteiger partial charge in [0, 0.05) is 17.7 Å². The van der Waals surface area contributed by atoms with Crippen molar-refractivity contribution in [2.24, 2.45) is 5.10 Å². The van der Waals surface area contributed by atoms with Gasteiger partial charge in [-0.3, -0.25) is 9.59 Å².